The molecule has 3 unspecified atom stereocenters. The molecule has 2 N–H and O–H groups in total. The van der Waals surface area contributed by atoms with Gasteiger partial charge in [-0.15, -0.1) is 0 Å². The second-order valence-corrected chi connectivity index (χ2v) is 5.34. The van der Waals surface area contributed by atoms with Gasteiger partial charge in [-0.05, 0) is 52.7 Å². The van der Waals surface area contributed by atoms with Gasteiger partial charge in [0.2, 0.25) is 0 Å². The molecule has 0 aliphatic carbocycles. The highest BCUT2D eigenvalue weighted by atomic mass is 15.2. The van der Waals surface area contributed by atoms with Crippen molar-refractivity contribution in [1.82, 2.24) is 15.5 Å². The molecule has 2 rings (SSSR count). The second-order valence-electron chi connectivity index (χ2n) is 5.34. The Hall–Kier alpha value is -0.120. The van der Waals surface area contributed by atoms with Gasteiger partial charge in [0.15, 0.2) is 0 Å². The van der Waals surface area contributed by atoms with Crippen molar-refractivity contribution in [3.63, 3.8) is 0 Å². The molecule has 2 fully saturated rings. The number of likely N-dealkylation sites (tertiary alicyclic amines) is 1. The third-order valence-corrected chi connectivity index (χ3v) is 3.71. The normalized spacial score (nSPS) is 34.8. The van der Waals surface area contributed by atoms with E-state index in [1.807, 2.05) is 0 Å². The molecule has 0 saturated carbocycles. The predicted octanol–water partition coefficient (Wildman–Crippen LogP) is 0.811. The first-order valence-corrected chi connectivity index (χ1v) is 6.42. The molecule has 0 radical (unpaired) electrons. The molecule has 2 aliphatic rings. The number of hydrogen-bond donors (Lipinski definition) is 2. The first-order chi connectivity index (χ1) is 7.24. The van der Waals surface area contributed by atoms with Gasteiger partial charge in [0.05, 0.1) is 0 Å². The number of nitrogens with one attached hydrogen (secondary N) is 2. The van der Waals surface area contributed by atoms with Crippen molar-refractivity contribution >= 4 is 0 Å². The summed E-state index contributed by atoms with van der Waals surface area (Å²) in [5.74, 6) is 0. The van der Waals surface area contributed by atoms with Gasteiger partial charge in [-0.3, -0.25) is 0 Å². The van der Waals surface area contributed by atoms with Gasteiger partial charge in [0.25, 0.3) is 0 Å². The Bertz CT molecular complexity index is 189. The summed E-state index contributed by atoms with van der Waals surface area (Å²) in [5, 5.41) is 7.33. The smallest absolute Gasteiger partial charge is 0.0209 e. The van der Waals surface area contributed by atoms with Gasteiger partial charge in [-0.25, -0.2) is 0 Å². The molecule has 0 spiro atoms. The van der Waals surface area contributed by atoms with Gasteiger partial charge >= 0.3 is 0 Å². The Kier molecular flexibility index (Phi) is 4.00. The molecule has 0 aromatic carbocycles. The van der Waals surface area contributed by atoms with Crippen LogP contribution in [0.1, 0.15) is 32.6 Å². The molecule has 0 amide bonds. The number of rotatable bonds is 4. The van der Waals surface area contributed by atoms with Crippen molar-refractivity contribution in [2.45, 2.75) is 50.7 Å². The number of likely N-dealkylation sites (N-methyl/N-ethyl adjacent to an activating group) is 1. The van der Waals surface area contributed by atoms with Crippen molar-refractivity contribution in [1.29, 1.82) is 0 Å². The minimum Gasteiger partial charge on any atom is -0.314 e. The molecule has 0 aromatic rings. The fraction of sp³-hybridized carbons (Fsp3) is 1.00. The van der Waals surface area contributed by atoms with Crippen LogP contribution >= 0.6 is 0 Å². The zero-order valence-corrected chi connectivity index (χ0v) is 10.1. The average molecular weight is 211 g/mol. The highest BCUT2D eigenvalue weighted by Crippen LogP contribution is 2.13. The first-order valence-electron chi connectivity index (χ1n) is 6.42. The largest absolute Gasteiger partial charge is 0.314 e. The van der Waals surface area contributed by atoms with E-state index in [0.29, 0.717) is 6.04 Å². The van der Waals surface area contributed by atoms with Crippen molar-refractivity contribution in [2.24, 2.45) is 0 Å². The topological polar surface area (TPSA) is 27.3 Å². The van der Waals surface area contributed by atoms with E-state index in [9.17, 15) is 0 Å². The number of nitrogens with zero attached hydrogens (tertiary/aromatic N) is 1. The maximum atomic E-state index is 3.75. The predicted molar refractivity (Wildman–Crippen MR) is 64.1 cm³/mol. The number of hydrogen-bond acceptors (Lipinski definition) is 3. The standard InChI is InChI=1S/C12H25N3/c1-10(8-11-4-3-6-13-11)14-12-5-7-15(2)9-12/h10-14H,3-9H2,1-2H3. The SMILES string of the molecule is CC(CC1CCCN1)NC1CCN(C)C1. The van der Waals surface area contributed by atoms with Crippen LogP contribution in [0.15, 0.2) is 0 Å². The zero-order valence-electron chi connectivity index (χ0n) is 10.1. The molecule has 3 heteroatoms. The van der Waals surface area contributed by atoms with E-state index in [-0.39, 0.29) is 0 Å². The highest BCUT2D eigenvalue weighted by molar-refractivity contribution is 4.84. The van der Waals surface area contributed by atoms with E-state index in [4.69, 9.17) is 0 Å². The summed E-state index contributed by atoms with van der Waals surface area (Å²) in [6.45, 7) is 6.04. The highest BCUT2D eigenvalue weighted by Gasteiger charge is 2.22. The quantitative estimate of drug-likeness (QED) is 0.720. The fourth-order valence-corrected chi connectivity index (χ4v) is 2.93. The Morgan fingerprint density at radius 1 is 1.47 bits per heavy atom. The Labute approximate surface area is 93.6 Å². The van der Waals surface area contributed by atoms with Crippen LogP contribution in [0.5, 0.6) is 0 Å². The van der Waals surface area contributed by atoms with Crippen molar-refractivity contribution in [3.05, 3.63) is 0 Å². The molecule has 0 bridgehead atoms. The molecule has 3 nitrogen and oxygen atoms in total. The fourth-order valence-electron chi connectivity index (χ4n) is 2.93. The van der Waals surface area contributed by atoms with E-state index >= 15 is 0 Å². The van der Waals surface area contributed by atoms with Crippen LogP contribution in [0.25, 0.3) is 0 Å². The molecular formula is C12H25N3. The van der Waals surface area contributed by atoms with Crippen molar-refractivity contribution in [3.8, 4) is 0 Å². The summed E-state index contributed by atoms with van der Waals surface area (Å²) in [5.41, 5.74) is 0. The summed E-state index contributed by atoms with van der Waals surface area (Å²) in [7, 11) is 2.21. The lowest BCUT2D eigenvalue weighted by molar-refractivity contribution is 0.366. The van der Waals surface area contributed by atoms with E-state index in [1.54, 1.807) is 0 Å². The van der Waals surface area contributed by atoms with E-state index in [2.05, 4.69) is 29.5 Å². The van der Waals surface area contributed by atoms with Crippen LogP contribution in [0.4, 0.5) is 0 Å². The van der Waals surface area contributed by atoms with Gasteiger partial charge in [0, 0.05) is 24.7 Å². The summed E-state index contributed by atoms with van der Waals surface area (Å²) in [6.07, 6.45) is 5.35. The molecule has 0 aromatic heterocycles. The maximum absolute atomic E-state index is 3.75. The van der Waals surface area contributed by atoms with Gasteiger partial charge in [-0.2, -0.15) is 0 Å². The lowest BCUT2D eigenvalue weighted by Crippen LogP contribution is -2.41. The van der Waals surface area contributed by atoms with E-state index in [0.717, 1.165) is 12.1 Å². The third-order valence-electron chi connectivity index (χ3n) is 3.71. The first kappa shape index (κ1) is 11.4. The second kappa shape index (κ2) is 5.28. The lowest BCUT2D eigenvalue weighted by atomic mass is 10.1. The molecule has 88 valence electrons. The van der Waals surface area contributed by atoms with Crippen molar-refractivity contribution < 1.29 is 0 Å². The molecular weight excluding hydrogens is 186 g/mol. The summed E-state index contributed by atoms with van der Waals surface area (Å²) < 4.78 is 0. The van der Waals surface area contributed by atoms with Crippen molar-refractivity contribution in [2.75, 3.05) is 26.7 Å². The molecule has 15 heavy (non-hydrogen) atoms. The van der Waals surface area contributed by atoms with Crippen LogP contribution < -0.4 is 10.6 Å². The lowest BCUT2D eigenvalue weighted by Gasteiger charge is -2.22. The minimum atomic E-state index is 0.664. The van der Waals surface area contributed by atoms with Crippen LogP contribution in [-0.2, 0) is 0 Å². The Morgan fingerprint density at radius 2 is 2.33 bits per heavy atom. The van der Waals surface area contributed by atoms with E-state index < -0.39 is 0 Å². The van der Waals surface area contributed by atoms with E-state index in [1.165, 1.54) is 45.3 Å². The Morgan fingerprint density at radius 3 is 2.93 bits per heavy atom. The molecule has 2 saturated heterocycles. The van der Waals surface area contributed by atoms with Gasteiger partial charge in [-0.1, -0.05) is 0 Å². The summed E-state index contributed by atoms with van der Waals surface area (Å²) >= 11 is 0. The summed E-state index contributed by atoms with van der Waals surface area (Å²) in [6, 6.07) is 2.16. The van der Waals surface area contributed by atoms with Crippen LogP contribution in [0.3, 0.4) is 0 Å². The Balaban J connectivity index is 1.65. The minimum absolute atomic E-state index is 0.664. The summed E-state index contributed by atoms with van der Waals surface area (Å²) in [4.78, 5) is 2.41. The monoisotopic (exact) mass is 211 g/mol. The average Bonchev–Trinajstić information content (AvgIpc) is 2.77. The maximum Gasteiger partial charge on any atom is 0.0209 e. The van der Waals surface area contributed by atoms with Crippen LogP contribution in [0, 0.1) is 0 Å². The van der Waals surface area contributed by atoms with Gasteiger partial charge in [0.1, 0.15) is 0 Å². The molecule has 3 atom stereocenters. The molecule has 2 heterocycles. The van der Waals surface area contributed by atoms with Crippen LogP contribution in [-0.4, -0.2) is 49.7 Å². The third kappa shape index (κ3) is 3.44. The zero-order chi connectivity index (χ0) is 10.7. The molecule has 2 aliphatic heterocycles. The van der Waals surface area contributed by atoms with Gasteiger partial charge < -0.3 is 15.5 Å². The van der Waals surface area contributed by atoms with Crippen LogP contribution in [0.2, 0.25) is 0 Å².